The molecule has 6 N–H and O–H groups in total. The first-order chi connectivity index (χ1) is 13.0. The maximum atomic E-state index is 12.1. The van der Waals surface area contributed by atoms with Gasteiger partial charge >= 0.3 is 0 Å². The van der Waals surface area contributed by atoms with Gasteiger partial charge in [0.15, 0.2) is 0 Å². The van der Waals surface area contributed by atoms with E-state index in [4.69, 9.17) is 11.1 Å². The van der Waals surface area contributed by atoms with Crippen LogP contribution in [0.2, 0.25) is 0 Å². The summed E-state index contributed by atoms with van der Waals surface area (Å²) >= 11 is 0. The molecule has 0 aliphatic rings. The summed E-state index contributed by atoms with van der Waals surface area (Å²) in [6.45, 7) is 2.71. The molecule has 27 heavy (non-hydrogen) atoms. The van der Waals surface area contributed by atoms with Crippen LogP contribution in [0.5, 0.6) is 0 Å². The lowest BCUT2D eigenvalue weighted by Crippen LogP contribution is -2.47. The third-order valence-electron chi connectivity index (χ3n) is 3.96. The van der Waals surface area contributed by atoms with Crippen molar-refractivity contribution in [2.24, 2.45) is 5.73 Å². The molecule has 2 aromatic carbocycles. The van der Waals surface area contributed by atoms with Gasteiger partial charge in [0, 0.05) is 18.7 Å². The number of rotatable bonds is 9. The Kier molecular flexibility index (Phi) is 7.51. The largest absolute Gasteiger partial charge is 0.384 e. The number of benzene rings is 2. The van der Waals surface area contributed by atoms with E-state index in [1.807, 2.05) is 30.3 Å². The van der Waals surface area contributed by atoms with E-state index in [0.29, 0.717) is 18.7 Å². The number of hydrogen-bond donors (Lipinski definition) is 5. The molecule has 1 atom stereocenters. The van der Waals surface area contributed by atoms with Gasteiger partial charge < -0.3 is 21.7 Å². The normalized spacial score (nSPS) is 11.4. The highest BCUT2D eigenvalue weighted by molar-refractivity contribution is 5.94. The Morgan fingerprint density at radius 3 is 2.26 bits per heavy atom. The van der Waals surface area contributed by atoms with Crippen LogP contribution in [-0.4, -0.2) is 30.2 Å². The minimum atomic E-state index is -0.632. The molecule has 0 aliphatic heterocycles. The lowest BCUT2D eigenvalue weighted by atomic mass is 10.1. The fourth-order valence-corrected chi connectivity index (χ4v) is 2.42. The van der Waals surface area contributed by atoms with Crippen molar-refractivity contribution in [1.29, 1.82) is 5.41 Å². The fourth-order valence-electron chi connectivity index (χ4n) is 2.42. The summed E-state index contributed by atoms with van der Waals surface area (Å²) in [4.78, 5) is 24.1. The van der Waals surface area contributed by atoms with Crippen molar-refractivity contribution in [3.63, 3.8) is 0 Å². The summed E-state index contributed by atoms with van der Waals surface area (Å²) in [5.41, 5.74) is 8.02. The minimum absolute atomic E-state index is 0.00259. The zero-order chi connectivity index (χ0) is 19.6. The predicted octanol–water partition coefficient (Wildman–Crippen LogP) is 0.881. The van der Waals surface area contributed by atoms with Crippen LogP contribution < -0.4 is 21.7 Å². The van der Waals surface area contributed by atoms with Gasteiger partial charge in [-0.1, -0.05) is 54.6 Å². The summed E-state index contributed by atoms with van der Waals surface area (Å²) in [6.07, 6.45) is 0. The molecule has 7 nitrogen and oxygen atoms in total. The molecule has 0 saturated heterocycles. The molecule has 1 unspecified atom stereocenters. The van der Waals surface area contributed by atoms with E-state index in [2.05, 4.69) is 16.0 Å². The Hall–Kier alpha value is -3.19. The molecule has 142 valence electrons. The number of carbonyl (C=O) groups is 2. The Balaban J connectivity index is 1.69. The van der Waals surface area contributed by atoms with E-state index in [1.54, 1.807) is 31.2 Å². The molecule has 0 aliphatic carbocycles. The van der Waals surface area contributed by atoms with Gasteiger partial charge in [0.25, 0.3) is 0 Å². The van der Waals surface area contributed by atoms with Crippen molar-refractivity contribution in [2.75, 3.05) is 6.54 Å². The lowest BCUT2D eigenvalue weighted by molar-refractivity contribution is -0.128. The Morgan fingerprint density at radius 1 is 1.00 bits per heavy atom. The van der Waals surface area contributed by atoms with Gasteiger partial charge in [-0.25, -0.2) is 0 Å². The maximum absolute atomic E-state index is 12.1. The van der Waals surface area contributed by atoms with Crippen LogP contribution in [-0.2, 0) is 22.7 Å². The van der Waals surface area contributed by atoms with Crippen LogP contribution in [0.15, 0.2) is 54.6 Å². The molecule has 0 radical (unpaired) electrons. The molecule has 0 saturated carbocycles. The molecule has 2 amide bonds. The summed E-state index contributed by atoms with van der Waals surface area (Å²) in [7, 11) is 0. The highest BCUT2D eigenvalue weighted by Gasteiger charge is 2.15. The van der Waals surface area contributed by atoms with E-state index in [-0.39, 0.29) is 24.2 Å². The molecule has 0 heterocycles. The molecule has 0 spiro atoms. The first kappa shape index (κ1) is 20.1. The van der Waals surface area contributed by atoms with E-state index < -0.39 is 6.04 Å². The van der Waals surface area contributed by atoms with Crippen molar-refractivity contribution < 1.29 is 9.59 Å². The molecule has 0 aromatic heterocycles. The quantitative estimate of drug-likeness (QED) is 0.334. The highest BCUT2D eigenvalue weighted by atomic mass is 16.2. The van der Waals surface area contributed by atoms with Gasteiger partial charge in [-0.15, -0.1) is 0 Å². The topological polar surface area (TPSA) is 120 Å². The smallest absolute Gasteiger partial charge is 0.242 e. The summed E-state index contributed by atoms with van der Waals surface area (Å²) in [5, 5.41) is 15.8. The zero-order valence-corrected chi connectivity index (χ0v) is 15.3. The van der Waals surface area contributed by atoms with Crippen LogP contribution in [0, 0.1) is 5.41 Å². The summed E-state index contributed by atoms with van der Waals surface area (Å²) in [5.74, 6) is -0.496. The monoisotopic (exact) mass is 367 g/mol. The first-order valence-electron chi connectivity index (χ1n) is 8.70. The second-order valence-electron chi connectivity index (χ2n) is 6.21. The summed E-state index contributed by atoms with van der Waals surface area (Å²) in [6, 6.07) is 16.2. The van der Waals surface area contributed by atoms with E-state index in [1.165, 1.54) is 0 Å². The van der Waals surface area contributed by atoms with Crippen LogP contribution in [0.25, 0.3) is 0 Å². The highest BCUT2D eigenvalue weighted by Crippen LogP contribution is 2.03. The van der Waals surface area contributed by atoms with Crippen molar-refractivity contribution in [1.82, 2.24) is 16.0 Å². The first-order valence-corrected chi connectivity index (χ1v) is 8.70. The third kappa shape index (κ3) is 6.91. The third-order valence-corrected chi connectivity index (χ3v) is 3.96. The number of amides is 2. The zero-order valence-electron chi connectivity index (χ0n) is 15.3. The average Bonchev–Trinajstić information content (AvgIpc) is 2.67. The van der Waals surface area contributed by atoms with Gasteiger partial charge in [-0.2, -0.15) is 0 Å². The second-order valence-corrected chi connectivity index (χ2v) is 6.21. The van der Waals surface area contributed by atoms with Crippen LogP contribution in [0.3, 0.4) is 0 Å². The molecule has 7 heteroatoms. The second kappa shape index (κ2) is 10.1. The van der Waals surface area contributed by atoms with Gasteiger partial charge in [-0.05, 0) is 18.1 Å². The molecule has 2 aromatic rings. The average molecular weight is 367 g/mol. The number of carbonyl (C=O) groups excluding carboxylic acids is 2. The van der Waals surface area contributed by atoms with Crippen molar-refractivity contribution >= 4 is 17.6 Å². The van der Waals surface area contributed by atoms with Gasteiger partial charge in [-0.3, -0.25) is 15.0 Å². The van der Waals surface area contributed by atoms with Crippen LogP contribution >= 0.6 is 0 Å². The Morgan fingerprint density at radius 2 is 1.63 bits per heavy atom. The SMILES string of the molecule is CC(NC(=O)CNCc1ccccc1)C(=O)NCc1ccc(C(=N)N)cc1. The number of amidine groups is 1. The van der Waals surface area contributed by atoms with E-state index in [9.17, 15) is 9.59 Å². The molecule has 2 rings (SSSR count). The minimum Gasteiger partial charge on any atom is -0.384 e. The van der Waals surface area contributed by atoms with Crippen molar-refractivity contribution in [2.45, 2.75) is 26.1 Å². The fraction of sp³-hybridized carbons (Fsp3) is 0.250. The van der Waals surface area contributed by atoms with Crippen LogP contribution in [0.1, 0.15) is 23.6 Å². The molecule has 0 bridgehead atoms. The van der Waals surface area contributed by atoms with Gasteiger partial charge in [0.2, 0.25) is 11.8 Å². The van der Waals surface area contributed by atoms with Crippen LogP contribution in [0.4, 0.5) is 0 Å². The predicted molar refractivity (Wildman–Crippen MR) is 105 cm³/mol. The number of nitrogens with one attached hydrogen (secondary N) is 4. The number of hydrogen-bond acceptors (Lipinski definition) is 4. The van der Waals surface area contributed by atoms with Gasteiger partial charge in [0.05, 0.1) is 6.54 Å². The maximum Gasteiger partial charge on any atom is 0.242 e. The molecule has 0 fully saturated rings. The van der Waals surface area contributed by atoms with Crippen molar-refractivity contribution in [3.05, 3.63) is 71.3 Å². The van der Waals surface area contributed by atoms with Crippen molar-refractivity contribution in [3.8, 4) is 0 Å². The Labute approximate surface area is 158 Å². The lowest BCUT2D eigenvalue weighted by Gasteiger charge is -2.14. The van der Waals surface area contributed by atoms with E-state index in [0.717, 1.165) is 11.1 Å². The summed E-state index contributed by atoms with van der Waals surface area (Å²) < 4.78 is 0. The van der Waals surface area contributed by atoms with Gasteiger partial charge in [0.1, 0.15) is 11.9 Å². The number of nitrogens with two attached hydrogens (primary N) is 1. The standard InChI is InChI=1S/C20H25N5O2/c1-14(25-18(26)13-23-11-15-5-3-2-4-6-15)20(27)24-12-16-7-9-17(10-8-16)19(21)22/h2-10,14,23H,11-13H2,1H3,(H3,21,22)(H,24,27)(H,25,26). The molecular formula is C20H25N5O2. The van der Waals surface area contributed by atoms with E-state index >= 15 is 0 Å². The number of nitrogen functional groups attached to an aromatic ring is 1. The molecular weight excluding hydrogens is 342 g/mol. The Bertz CT molecular complexity index is 775.